The Kier molecular flexibility index (Phi) is 8.29. The lowest BCUT2D eigenvalue weighted by Gasteiger charge is -2.09. The van der Waals surface area contributed by atoms with Gasteiger partial charge in [-0.05, 0) is 31.9 Å². The van der Waals surface area contributed by atoms with E-state index in [4.69, 9.17) is 0 Å². The number of nitrogens with one attached hydrogen (secondary N) is 1. The zero-order valence-electron chi connectivity index (χ0n) is 18.2. The summed E-state index contributed by atoms with van der Waals surface area (Å²) in [6.07, 6.45) is 0. The molecule has 0 saturated heterocycles. The topological polar surface area (TPSA) is 103 Å². The van der Waals surface area contributed by atoms with E-state index < -0.39 is 4.92 Å². The Morgan fingerprint density at radius 3 is 2.56 bits per heavy atom. The summed E-state index contributed by atoms with van der Waals surface area (Å²) >= 11 is 3.07. The number of benzene rings is 2. The number of thioether (sulfide) groups is 2. The smallest absolute Gasteiger partial charge is 0.271 e. The zero-order chi connectivity index (χ0) is 23.1. The van der Waals surface area contributed by atoms with Gasteiger partial charge in [-0.15, -0.1) is 22.0 Å². The summed E-state index contributed by atoms with van der Waals surface area (Å²) in [7, 11) is 0. The van der Waals surface area contributed by atoms with Crippen molar-refractivity contribution in [1.29, 1.82) is 0 Å². The molecule has 0 aliphatic rings. The van der Waals surface area contributed by atoms with Crippen LogP contribution in [-0.2, 0) is 22.8 Å². The summed E-state index contributed by atoms with van der Waals surface area (Å²) in [5.41, 5.74) is 3.66. The van der Waals surface area contributed by atoms with E-state index in [1.807, 2.05) is 11.5 Å². The molecule has 3 rings (SSSR count). The van der Waals surface area contributed by atoms with Crippen LogP contribution in [0.3, 0.4) is 0 Å². The van der Waals surface area contributed by atoms with Crippen molar-refractivity contribution in [3.63, 3.8) is 0 Å². The van der Waals surface area contributed by atoms with Gasteiger partial charge in [0.25, 0.3) is 5.69 Å². The van der Waals surface area contributed by atoms with Crippen molar-refractivity contribution < 1.29 is 9.72 Å². The second-order valence-electron chi connectivity index (χ2n) is 7.21. The third-order valence-electron chi connectivity index (χ3n) is 4.77. The Morgan fingerprint density at radius 2 is 1.88 bits per heavy atom. The highest BCUT2D eigenvalue weighted by Crippen LogP contribution is 2.24. The molecule has 0 fully saturated rings. The second kappa shape index (κ2) is 11.1. The number of nitro groups is 1. The monoisotopic (exact) mass is 471 g/mol. The lowest BCUT2D eigenvalue weighted by Crippen LogP contribution is -2.15. The first-order chi connectivity index (χ1) is 15.4. The van der Waals surface area contributed by atoms with Gasteiger partial charge in [0.1, 0.15) is 5.82 Å². The molecule has 1 N–H and O–H groups in total. The van der Waals surface area contributed by atoms with Crippen LogP contribution in [0.1, 0.15) is 29.4 Å². The maximum atomic E-state index is 12.4. The molecule has 0 spiro atoms. The van der Waals surface area contributed by atoms with Crippen LogP contribution in [0.5, 0.6) is 0 Å². The van der Waals surface area contributed by atoms with Crippen molar-refractivity contribution in [3.8, 4) is 0 Å². The molecule has 0 radical (unpaired) electrons. The number of nitrogens with zero attached hydrogens (tertiary/aromatic N) is 4. The number of aromatic nitrogens is 3. The van der Waals surface area contributed by atoms with Crippen LogP contribution in [0.4, 0.5) is 11.4 Å². The SMILES string of the molecule is CCn1c(CSCc2ccc(C)cc2)nnc1SCC(=O)Nc1cc([N+](=O)[O-])ccc1C. The fraction of sp³-hybridized carbons (Fsp3) is 0.318. The number of amides is 1. The third-order valence-corrected chi connectivity index (χ3v) is 6.74. The Morgan fingerprint density at radius 1 is 1.12 bits per heavy atom. The van der Waals surface area contributed by atoms with Gasteiger partial charge in [0.05, 0.1) is 22.1 Å². The van der Waals surface area contributed by atoms with E-state index in [-0.39, 0.29) is 17.3 Å². The standard InChI is InChI=1S/C22H25N5O3S2/c1-4-26-20(13-31-12-17-8-5-15(2)6-9-17)24-25-22(26)32-14-21(28)23-19-11-18(27(29)30)10-7-16(19)3/h5-11H,4,12-14H2,1-3H3,(H,23,28). The minimum atomic E-state index is -0.480. The van der Waals surface area contributed by atoms with Crippen molar-refractivity contribution in [3.05, 3.63) is 75.1 Å². The molecular formula is C22H25N5O3S2. The third kappa shape index (κ3) is 6.33. The number of carbonyl (C=O) groups excluding carboxylic acids is 1. The van der Waals surface area contributed by atoms with E-state index >= 15 is 0 Å². The van der Waals surface area contributed by atoms with Crippen molar-refractivity contribution in [2.75, 3.05) is 11.1 Å². The number of anilines is 1. The molecule has 1 heterocycles. The van der Waals surface area contributed by atoms with Crippen LogP contribution >= 0.6 is 23.5 Å². The maximum Gasteiger partial charge on any atom is 0.271 e. The summed E-state index contributed by atoms with van der Waals surface area (Å²) in [5, 5.41) is 23.0. The number of nitro benzene ring substituents is 1. The molecule has 1 amide bonds. The average molecular weight is 472 g/mol. The lowest BCUT2D eigenvalue weighted by atomic mass is 10.2. The van der Waals surface area contributed by atoms with Crippen LogP contribution in [0.25, 0.3) is 0 Å². The highest BCUT2D eigenvalue weighted by atomic mass is 32.2. The number of rotatable bonds is 10. The largest absolute Gasteiger partial charge is 0.325 e. The van der Waals surface area contributed by atoms with E-state index in [1.54, 1.807) is 24.8 Å². The van der Waals surface area contributed by atoms with Gasteiger partial charge in [0.2, 0.25) is 5.91 Å². The van der Waals surface area contributed by atoms with Gasteiger partial charge in [0, 0.05) is 24.4 Å². The molecule has 8 nitrogen and oxygen atoms in total. The Balaban J connectivity index is 1.55. The maximum absolute atomic E-state index is 12.4. The van der Waals surface area contributed by atoms with Gasteiger partial charge >= 0.3 is 0 Å². The molecule has 2 aromatic carbocycles. The van der Waals surface area contributed by atoms with E-state index in [9.17, 15) is 14.9 Å². The first kappa shape index (κ1) is 23.8. The molecule has 0 saturated carbocycles. The van der Waals surface area contributed by atoms with E-state index in [2.05, 4.69) is 46.7 Å². The number of hydrogen-bond donors (Lipinski definition) is 1. The fourth-order valence-electron chi connectivity index (χ4n) is 2.97. The molecule has 168 valence electrons. The Hall–Kier alpha value is -2.85. The summed E-state index contributed by atoms with van der Waals surface area (Å²) in [6.45, 7) is 6.60. The Bertz CT molecular complexity index is 1100. The van der Waals surface area contributed by atoms with Crippen LogP contribution in [-0.4, -0.2) is 31.3 Å². The van der Waals surface area contributed by atoms with E-state index in [1.165, 1.54) is 35.0 Å². The summed E-state index contributed by atoms with van der Waals surface area (Å²) in [6, 6.07) is 12.9. The van der Waals surface area contributed by atoms with Crippen LogP contribution in [0.2, 0.25) is 0 Å². The van der Waals surface area contributed by atoms with Crippen LogP contribution in [0, 0.1) is 24.0 Å². The van der Waals surface area contributed by atoms with Crippen LogP contribution < -0.4 is 5.32 Å². The average Bonchev–Trinajstić information content (AvgIpc) is 3.16. The van der Waals surface area contributed by atoms with Crippen molar-refractivity contribution in [2.24, 2.45) is 0 Å². The number of aryl methyl sites for hydroxylation is 2. The molecule has 0 bridgehead atoms. The van der Waals surface area contributed by atoms with Gasteiger partial charge in [-0.1, -0.05) is 47.7 Å². The molecule has 1 aromatic heterocycles. The molecule has 10 heteroatoms. The van der Waals surface area contributed by atoms with E-state index in [0.717, 1.165) is 22.9 Å². The number of carbonyl (C=O) groups is 1. The van der Waals surface area contributed by atoms with Crippen molar-refractivity contribution >= 4 is 40.8 Å². The molecule has 0 atom stereocenters. The summed E-state index contributed by atoms with van der Waals surface area (Å²) in [5.74, 6) is 2.39. The Labute approximate surface area is 195 Å². The predicted molar refractivity (Wildman–Crippen MR) is 129 cm³/mol. The van der Waals surface area contributed by atoms with Gasteiger partial charge in [-0.2, -0.15) is 0 Å². The molecule has 0 aliphatic carbocycles. The van der Waals surface area contributed by atoms with Gasteiger partial charge in [0.15, 0.2) is 5.16 Å². The second-order valence-corrected chi connectivity index (χ2v) is 9.14. The first-order valence-electron chi connectivity index (χ1n) is 10.1. The predicted octanol–water partition coefficient (Wildman–Crippen LogP) is 4.99. The molecule has 32 heavy (non-hydrogen) atoms. The lowest BCUT2D eigenvalue weighted by molar-refractivity contribution is -0.384. The molecule has 0 aliphatic heterocycles. The van der Waals surface area contributed by atoms with Gasteiger partial charge in [-0.3, -0.25) is 14.9 Å². The van der Waals surface area contributed by atoms with Crippen molar-refractivity contribution in [1.82, 2.24) is 14.8 Å². The molecule has 0 unspecified atom stereocenters. The minimum Gasteiger partial charge on any atom is -0.325 e. The van der Waals surface area contributed by atoms with Crippen molar-refractivity contribution in [2.45, 2.75) is 44.0 Å². The number of hydrogen-bond acceptors (Lipinski definition) is 7. The number of non-ortho nitro benzene ring substituents is 1. The molecule has 3 aromatic rings. The first-order valence-corrected chi connectivity index (χ1v) is 12.2. The summed E-state index contributed by atoms with van der Waals surface area (Å²) in [4.78, 5) is 22.9. The van der Waals surface area contributed by atoms with Gasteiger partial charge in [-0.25, -0.2) is 0 Å². The quantitative estimate of drug-likeness (QED) is 0.252. The van der Waals surface area contributed by atoms with Crippen LogP contribution in [0.15, 0.2) is 47.6 Å². The van der Waals surface area contributed by atoms with E-state index in [0.29, 0.717) is 17.4 Å². The molecular weight excluding hydrogens is 446 g/mol. The highest BCUT2D eigenvalue weighted by molar-refractivity contribution is 7.99. The fourth-order valence-corrected chi connectivity index (χ4v) is 4.72. The summed E-state index contributed by atoms with van der Waals surface area (Å²) < 4.78 is 2.01. The normalized spacial score (nSPS) is 10.8. The minimum absolute atomic E-state index is 0.0583. The highest BCUT2D eigenvalue weighted by Gasteiger charge is 2.15. The van der Waals surface area contributed by atoms with Gasteiger partial charge < -0.3 is 9.88 Å². The zero-order valence-corrected chi connectivity index (χ0v) is 19.8.